The summed E-state index contributed by atoms with van der Waals surface area (Å²) in [4.78, 5) is 11.7. The number of carbonyl (C=O) groups excluding carboxylic acids is 1. The first-order valence-corrected chi connectivity index (χ1v) is 6.85. The van der Waals surface area contributed by atoms with Gasteiger partial charge in [0.25, 0.3) is 0 Å². The third-order valence-corrected chi connectivity index (χ3v) is 3.28. The maximum absolute atomic E-state index is 11.7. The first kappa shape index (κ1) is 15.7. The van der Waals surface area contributed by atoms with Gasteiger partial charge in [-0.05, 0) is 32.3 Å². The second-order valence-electron chi connectivity index (χ2n) is 5.22. The Morgan fingerprint density at radius 2 is 1.79 bits per heavy atom. The van der Waals surface area contributed by atoms with Crippen LogP contribution in [0.5, 0.6) is 0 Å². The zero-order valence-electron chi connectivity index (χ0n) is 12.1. The van der Waals surface area contributed by atoms with E-state index in [9.17, 15) is 4.79 Å². The predicted octanol–water partition coefficient (Wildman–Crippen LogP) is 3.23. The summed E-state index contributed by atoms with van der Waals surface area (Å²) in [7, 11) is 0. The molecule has 0 unspecified atom stereocenters. The lowest BCUT2D eigenvalue weighted by atomic mass is 9.91. The Morgan fingerprint density at radius 1 is 1.11 bits per heavy atom. The normalized spacial score (nSPS) is 11.3. The van der Waals surface area contributed by atoms with Gasteiger partial charge in [0.15, 0.2) is 0 Å². The van der Waals surface area contributed by atoms with Gasteiger partial charge in [-0.3, -0.25) is 4.79 Å². The van der Waals surface area contributed by atoms with Crippen LogP contribution in [0.1, 0.15) is 32.8 Å². The third-order valence-electron chi connectivity index (χ3n) is 3.28. The van der Waals surface area contributed by atoms with Gasteiger partial charge in [0.05, 0.1) is 18.6 Å². The highest BCUT2D eigenvalue weighted by molar-refractivity contribution is 5.75. The van der Waals surface area contributed by atoms with E-state index in [4.69, 9.17) is 9.47 Å². The van der Waals surface area contributed by atoms with Gasteiger partial charge >= 0.3 is 5.97 Å². The fraction of sp³-hybridized carbons (Fsp3) is 0.562. The molecule has 0 aliphatic carbocycles. The fourth-order valence-electron chi connectivity index (χ4n) is 1.47. The van der Waals surface area contributed by atoms with Gasteiger partial charge in [0.1, 0.15) is 6.61 Å². The molecule has 0 spiro atoms. The maximum Gasteiger partial charge on any atom is 0.311 e. The van der Waals surface area contributed by atoms with Crippen LogP contribution >= 0.6 is 0 Å². The summed E-state index contributed by atoms with van der Waals surface area (Å²) in [6.07, 6.45) is 1.66. The average molecular weight is 264 g/mol. The van der Waals surface area contributed by atoms with Crippen LogP contribution in [0, 0.1) is 5.41 Å². The summed E-state index contributed by atoms with van der Waals surface area (Å²) in [6.45, 7) is 7.21. The molecule has 3 heteroatoms. The van der Waals surface area contributed by atoms with Gasteiger partial charge in [-0.1, -0.05) is 37.3 Å². The van der Waals surface area contributed by atoms with Gasteiger partial charge in [-0.25, -0.2) is 0 Å². The van der Waals surface area contributed by atoms with Gasteiger partial charge < -0.3 is 9.47 Å². The van der Waals surface area contributed by atoms with Crippen molar-refractivity contribution in [2.45, 2.75) is 33.6 Å². The van der Waals surface area contributed by atoms with Crippen molar-refractivity contribution in [3.8, 4) is 0 Å². The molecule has 0 atom stereocenters. The van der Waals surface area contributed by atoms with Crippen molar-refractivity contribution >= 4 is 5.97 Å². The molecule has 0 saturated carbocycles. The number of esters is 1. The van der Waals surface area contributed by atoms with Crippen LogP contribution in [0.3, 0.4) is 0 Å². The van der Waals surface area contributed by atoms with Crippen LogP contribution < -0.4 is 0 Å². The summed E-state index contributed by atoms with van der Waals surface area (Å²) in [5.74, 6) is -0.151. The van der Waals surface area contributed by atoms with Gasteiger partial charge in [-0.15, -0.1) is 0 Å². The Balaban J connectivity index is 2.07. The molecular weight excluding hydrogens is 240 g/mol. The number of rotatable bonds is 8. The molecule has 1 rings (SSSR count). The van der Waals surface area contributed by atoms with E-state index in [0.29, 0.717) is 19.8 Å². The van der Waals surface area contributed by atoms with Gasteiger partial charge in [0, 0.05) is 0 Å². The zero-order chi connectivity index (χ0) is 14.1. The van der Waals surface area contributed by atoms with Crippen LogP contribution in [-0.4, -0.2) is 25.8 Å². The minimum Gasteiger partial charge on any atom is -0.463 e. The highest BCUT2D eigenvalue weighted by Crippen LogP contribution is 2.21. The number of carbonyl (C=O) groups is 1. The van der Waals surface area contributed by atoms with Gasteiger partial charge in [-0.2, -0.15) is 0 Å². The largest absolute Gasteiger partial charge is 0.463 e. The Morgan fingerprint density at radius 3 is 2.42 bits per heavy atom. The summed E-state index contributed by atoms with van der Waals surface area (Å²) in [6, 6.07) is 10.2. The minimum atomic E-state index is -0.399. The van der Waals surface area contributed by atoms with Crippen molar-refractivity contribution in [3.05, 3.63) is 35.9 Å². The Bertz CT molecular complexity index is 371. The minimum absolute atomic E-state index is 0.151. The van der Waals surface area contributed by atoms with Crippen LogP contribution in [0.15, 0.2) is 30.3 Å². The smallest absolute Gasteiger partial charge is 0.311 e. The molecule has 0 N–H and O–H groups in total. The Labute approximate surface area is 115 Å². The van der Waals surface area contributed by atoms with Crippen molar-refractivity contribution in [1.29, 1.82) is 0 Å². The molecule has 106 valence electrons. The van der Waals surface area contributed by atoms with Crippen LogP contribution in [0.4, 0.5) is 0 Å². The third kappa shape index (κ3) is 5.88. The van der Waals surface area contributed by atoms with Crippen molar-refractivity contribution < 1.29 is 14.3 Å². The number of benzene rings is 1. The monoisotopic (exact) mass is 264 g/mol. The van der Waals surface area contributed by atoms with E-state index < -0.39 is 5.41 Å². The molecule has 1 aromatic rings. The summed E-state index contributed by atoms with van der Waals surface area (Å²) in [5, 5.41) is 0. The van der Waals surface area contributed by atoms with E-state index in [1.807, 2.05) is 39.0 Å². The lowest BCUT2D eigenvalue weighted by molar-refractivity contribution is -0.155. The SMILES string of the molecule is CCC(C)(C)C(=O)OCCOCCc1ccccc1. The molecule has 0 radical (unpaired) electrons. The highest BCUT2D eigenvalue weighted by Gasteiger charge is 2.26. The zero-order valence-corrected chi connectivity index (χ0v) is 12.1. The summed E-state index contributed by atoms with van der Waals surface area (Å²) >= 11 is 0. The molecule has 0 heterocycles. The van der Waals surface area contributed by atoms with Crippen LogP contribution in [0.2, 0.25) is 0 Å². The Hall–Kier alpha value is -1.35. The summed E-state index contributed by atoms with van der Waals surface area (Å²) in [5.41, 5.74) is 0.857. The molecule has 0 amide bonds. The number of ether oxygens (including phenoxy) is 2. The Kier molecular flexibility index (Phi) is 6.57. The molecule has 3 nitrogen and oxygen atoms in total. The highest BCUT2D eigenvalue weighted by atomic mass is 16.6. The van der Waals surface area contributed by atoms with Crippen molar-refractivity contribution in [1.82, 2.24) is 0 Å². The lowest BCUT2D eigenvalue weighted by Gasteiger charge is -2.20. The van der Waals surface area contributed by atoms with E-state index in [2.05, 4.69) is 12.1 Å². The van der Waals surface area contributed by atoms with E-state index in [1.165, 1.54) is 5.56 Å². The number of hydrogen-bond donors (Lipinski definition) is 0. The first-order valence-electron chi connectivity index (χ1n) is 6.85. The molecule has 0 fully saturated rings. The number of hydrogen-bond acceptors (Lipinski definition) is 3. The van der Waals surface area contributed by atoms with E-state index in [1.54, 1.807) is 0 Å². The van der Waals surface area contributed by atoms with E-state index >= 15 is 0 Å². The van der Waals surface area contributed by atoms with Crippen molar-refractivity contribution in [2.75, 3.05) is 19.8 Å². The average Bonchev–Trinajstić information content (AvgIpc) is 2.43. The van der Waals surface area contributed by atoms with E-state index in [0.717, 1.165) is 12.8 Å². The van der Waals surface area contributed by atoms with E-state index in [-0.39, 0.29) is 5.97 Å². The second-order valence-corrected chi connectivity index (χ2v) is 5.22. The molecule has 1 aromatic carbocycles. The van der Waals surface area contributed by atoms with Crippen molar-refractivity contribution in [3.63, 3.8) is 0 Å². The standard InChI is InChI=1S/C16H24O3/c1-4-16(2,3)15(17)19-13-12-18-11-10-14-8-6-5-7-9-14/h5-9H,4,10-13H2,1-3H3. The lowest BCUT2D eigenvalue weighted by Crippen LogP contribution is -2.27. The predicted molar refractivity (Wildman–Crippen MR) is 76.0 cm³/mol. The second kappa shape index (κ2) is 7.95. The topological polar surface area (TPSA) is 35.5 Å². The maximum atomic E-state index is 11.7. The molecule has 0 bridgehead atoms. The molecule has 0 aliphatic heterocycles. The molecule has 0 saturated heterocycles. The fourth-order valence-corrected chi connectivity index (χ4v) is 1.47. The molecular formula is C16H24O3. The molecule has 0 aromatic heterocycles. The van der Waals surface area contributed by atoms with Crippen molar-refractivity contribution in [2.24, 2.45) is 5.41 Å². The van der Waals surface area contributed by atoms with Crippen LogP contribution in [-0.2, 0) is 20.7 Å². The molecule has 19 heavy (non-hydrogen) atoms. The molecule has 0 aliphatic rings. The summed E-state index contributed by atoms with van der Waals surface area (Å²) < 4.78 is 10.6. The quantitative estimate of drug-likeness (QED) is 0.534. The van der Waals surface area contributed by atoms with Gasteiger partial charge in [0.2, 0.25) is 0 Å². The first-order chi connectivity index (χ1) is 9.06. The van der Waals surface area contributed by atoms with Crippen LogP contribution in [0.25, 0.3) is 0 Å².